The number of nitrogens with zero attached hydrogens (tertiary/aromatic N) is 1. The number of amides is 2. The van der Waals surface area contributed by atoms with Crippen LogP contribution >= 0.6 is 11.3 Å². The summed E-state index contributed by atoms with van der Waals surface area (Å²) in [5, 5.41) is 16.4. The van der Waals surface area contributed by atoms with E-state index in [1.54, 1.807) is 66.9 Å². The Bertz CT molecular complexity index is 1150. The maximum atomic E-state index is 13.3. The fourth-order valence-corrected chi connectivity index (χ4v) is 4.28. The summed E-state index contributed by atoms with van der Waals surface area (Å²) < 4.78 is 5.48. The van der Waals surface area contributed by atoms with E-state index in [1.165, 1.54) is 11.3 Å². The van der Waals surface area contributed by atoms with Crippen molar-refractivity contribution in [2.45, 2.75) is 57.8 Å². The highest BCUT2D eigenvalue weighted by atomic mass is 32.1. The van der Waals surface area contributed by atoms with Crippen LogP contribution in [0.1, 0.15) is 67.7 Å². The van der Waals surface area contributed by atoms with Crippen molar-refractivity contribution in [3.63, 3.8) is 0 Å². The number of rotatable bonds is 11. The highest BCUT2D eigenvalue weighted by Crippen LogP contribution is 2.26. The summed E-state index contributed by atoms with van der Waals surface area (Å²) in [6.45, 7) is 5.98. The molecule has 3 atom stereocenters. The first-order valence-electron chi connectivity index (χ1n) is 11.9. The van der Waals surface area contributed by atoms with Gasteiger partial charge in [-0.15, -0.1) is 11.3 Å². The van der Waals surface area contributed by atoms with E-state index in [9.17, 15) is 19.5 Å². The SMILES string of the molecule is CCC[C@H](NC(=O)[C@@H](OC(=O)[C@@H](O)c1ccccc1)c1ccccc1)C(=O)Nc1ncc(C(C)C)s1. The molecule has 0 fully saturated rings. The molecule has 9 heteroatoms. The van der Waals surface area contributed by atoms with Gasteiger partial charge in [-0.2, -0.15) is 0 Å². The fraction of sp³-hybridized carbons (Fsp3) is 0.333. The summed E-state index contributed by atoms with van der Waals surface area (Å²) >= 11 is 1.38. The molecule has 2 aromatic carbocycles. The van der Waals surface area contributed by atoms with Gasteiger partial charge in [-0.3, -0.25) is 9.59 Å². The van der Waals surface area contributed by atoms with Gasteiger partial charge in [0.15, 0.2) is 11.2 Å². The van der Waals surface area contributed by atoms with E-state index < -0.39 is 36.0 Å². The topological polar surface area (TPSA) is 118 Å². The second-order valence-electron chi connectivity index (χ2n) is 8.60. The van der Waals surface area contributed by atoms with Crippen molar-refractivity contribution in [3.05, 3.63) is 82.9 Å². The monoisotopic (exact) mass is 509 g/mol. The standard InChI is InChI=1S/C27H31N3O5S/c1-4-11-20(24(32)30-27-28-16-21(36-27)17(2)3)29-25(33)23(19-14-9-6-10-15-19)35-26(34)22(31)18-12-7-5-8-13-18/h5-10,12-17,20,22-23,31H,4,11H2,1-3H3,(H,29,33)(H,28,30,32)/t20-,22-,23-/m0/s1. The lowest BCUT2D eigenvalue weighted by atomic mass is 10.1. The molecule has 2 amide bonds. The lowest BCUT2D eigenvalue weighted by Crippen LogP contribution is -2.46. The summed E-state index contributed by atoms with van der Waals surface area (Å²) in [6, 6.07) is 15.9. The maximum Gasteiger partial charge on any atom is 0.340 e. The molecule has 8 nitrogen and oxygen atoms in total. The number of aliphatic hydroxyl groups excluding tert-OH is 1. The maximum absolute atomic E-state index is 13.3. The van der Waals surface area contributed by atoms with Crippen LogP contribution in [0.2, 0.25) is 0 Å². The molecule has 3 N–H and O–H groups in total. The third-order valence-corrected chi connectivity index (χ3v) is 6.66. The Morgan fingerprint density at radius 2 is 1.58 bits per heavy atom. The molecule has 3 aromatic rings. The number of anilines is 1. The summed E-state index contributed by atoms with van der Waals surface area (Å²) in [5.74, 6) is -1.75. The summed E-state index contributed by atoms with van der Waals surface area (Å²) in [7, 11) is 0. The number of benzene rings is 2. The van der Waals surface area contributed by atoms with Gasteiger partial charge >= 0.3 is 5.97 Å². The Balaban J connectivity index is 1.76. The van der Waals surface area contributed by atoms with Crippen molar-refractivity contribution in [3.8, 4) is 0 Å². The molecule has 0 aliphatic heterocycles. The van der Waals surface area contributed by atoms with E-state index in [0.717, 1.165) is 4.88 Å². The second kappa shape index (κ2) is 12.9. The van der Waals surface area contributed by atoms with Gasteiger partial charge in [-0.25, -0.2) is 9.78 Å². The quantitative estimate of drug-likeness (QED) is 0.328. The predicted octanol–water partition coefficient (Wildman–Crippen LogP) is 4.51. The predicted molar refractivity (Wildman–Crippen MR) is 138 cm³/mol. The number of nitrogens with one attached hydrogen (secondary N) is 2. The van der Waals surface area contributed by atoms with Crippen LogP contribution in [0.5, 0.6) is 0 Å². The van der Waals surface area contributed by atoms with E-state index in [4.69, 9.17) is 4.74 Å². The molecule has 0 aliphatic rings. The molecule has 0 spiro atoms. The van der Waals surface area contributed by atoms with Crippen LogP contribution in [0.4, 0.5) is 5.13 Å². The van der Waals surface area contributed by atoms with Crippen LogP contribution in [0, 0.1) is 0 Å². The van der Waals surface area contributed by atoms with Gasteiger partial charge in [0, 0.05) is 16.6 Å². The number of esters is 1. The first-order valence-corrected chi connectivity index (χ1v) is 12.7. The van der Waals surface area contributed by atoms with Crippen LogP contribution in [0.25, 0.3) is 0 Å². The van der Waals surface area contributed by atoms with Crippen LogP contribution < -0.4 is 10.6 Å². The average Bonchev–Trinajstić information content (AvgIpc) is 3.36. The van der Waals surface area contributed by atoms with Crippen molar-refractivity contribution in [1.29, 1.82) is 0 Å². The Kier molecular flexibility index (Phi) is 9.72. The van der Waals surface area contributed by atoms with Gasteiger partial charge < -0.3 is 20.5 Å². The van der Waals surface area contributed by atoms with Crippen LogP contribution in [-0.4, -0.2) is 33.9 Å². The molecular formula is C27H31N3O5S. The van der Waals surface area contributed by atoms with E-state index >= 15 is 0 Å². The molecule has 36 heavy (non-hydrogen) atoms. The Morgan fingerprint density at radius 3 is 2.14 bits per heavy atom. The van der Waals surface area contributed by atoms with Gasteiger partial charge in [0.1, 0.15) is 6.04 Å². The van der Waals surface area contributed by atoms with Gasteiger partial charge in [0.25, 0.3) is 5.91 Å². The normalized spacial score (nSPS) is 13.5. The van der Waals surface area contributed by atoms with Crippen LogP contribution in [0.3, 0.4) is 0 Å². The smallest absolute Gasteiger partial charge is 0.340 e. The highest BCUT2D eigenvalue weighted by Gasteiger charge is 2.31. The van der Waals surface area contributed by atoms with Crippen molar-refractivity contribution >= 4 is 34.3 Å². The fourth-order valence-electron chi connectivity index (χ4n) is 3.46. The molecule has 0 aliphatic carbocycles. The second-order valence-corrected chi connectivity index (χ2v) is 9.66. The van der Waals surface area contributed by atoms with Crippen molar-refractivity contribution in [2.75, 3.05) is 5.32 Å². The molecule has 190 valence electrons. The highest BCUT2D eigenvalue weighted by molar-refractivity contribution is 7.15. The molecule has 0 bridgehead atoms. The Morgan fingerprint density at radius 1 is 0.972 bits per heavy atom. The van der Waals surface area contributed by atoms with Crippen molar-refractivity contribution in [2.24, 2.45) is 0 Å². The Hall–Kier alpha value is -3.56. The summed E-state index contributed by atoms with van der Waals surface area (Å²) in [5.41, 5.74) is 0.767. The molecule has 1 heterocycles. The number of ether oxygens (including phenoxy) is 1. The average molecular weight is 510 g/mol. The molecule has 0 unspecified atom stereocenters. The Labute approximate surface area is 214 Å². The van der Waals surface area contributed by atoms with E-state index in [-0.39, 0.29) is 5.92 Å². The molecule has 0 saturated carbocycles. The van der Waals surface area contributed by atoms with Crippen LogP contribution in [-0.2, 0) is 19.1 Å². The number of aromatic nitrogens is 1. The lowest BCUT2D eigenvalue weighted by Gasteiger charge is -2.23. The number of hydrogen-bond donors (Lipinski definition) is 3. The number of carbonyl (C=O) groups is 3. The summed E-state index contributed by atoms with van der Waals surface area (Å²) in [6.07, 6.45) is -0.170. The van der Waals surface area contributed by atoms with Crippen LogP contribution in [0.15, 0.2) is 66.9 Å². The molecule has 3 rings (SSSR count). The van der Waals surface area contributed by atoms with Crippen molar-refractivity contribution in [1.82, 2.24) is 10.3 Å². The molecule has 0 saturated heterocycles. The minimum absolute atomic E-state index is 0.284. The number of hydrogen-bond acceptors (Lipinski definition) is 7. The molecular weight excluding hydrogens is 478 g/mol. The van der Waals surface area contributed by atoms with E-state index in [0.29, 0.717) is 29.1 Å². The number of aliphatic hydroxyl groups is 1. The van der Waals surface area contributed by atoms with Gasteiger partial charge in [0.2, 0.25) is 12.0 Å². The third kappa shape index (κ3) is 7.22. The zero-order valence-electron chi connectivity index (χ0n) is 20.5. The number of carbonyl (C=O) groups excluding carboxylic acids is 3. The number of thiazole rings is 1. The molecule has 0 radical (unpaired) electrons. The minimum atomic E-state index is -1.56. The largest absolute Gasteiger partial charge is 0.445 e. The van der Waals surface area contributed by atoms with E-state index in [1.807, 2.05) is 20.8 Å². The zero-order chi connectivity index (χ0) is 26.1. The van der Waals surface area contributed by atoms with Gasteiger partial charge in [-0.1, -0.05) is 87.9 Å². The first-order chi connectivity index (χ1) is 17.3. The van der Waals surface area contributed by atoms with Gasteiger partial charge in [-0.05, 0) is 17.9 Å². The molecule has 1 aromatic heterocycles. The lowest BCUT2D eigenvalue weighted by molar-refractivity contribution is -0.165. The third-order valence-electron chi connectivity index (χ3n) is 5.45. The minimum Gasteiger partial charge on any atom is -0.445 e. The van der Waals surface area contributed by atoms with E-state index in [2.05, 4.69) is 15.6 Å². The first kappa shape index (κ1) is 27.0. The zero-order valence-corrected chi connectivity index (χ0v) is 21.3. The summed E-state index contributed by atoms with van der Waals surface area (Å²) in [4.78, 5) is 44.3. The van der Waals surface area contributed by atoms with Gasteiger partial charge in [0.05, 0.1) is 0 Å². The van der Waals surface area contributed by atoms with Crippen molar-refractivity contribution < 1.29 is 24.2 Å².